The van der Waals surface area contributed by atoms with E-state index >= 15 is 0 Å². The van der Waals surface area contributed by atoms with Gasteiger partial charge in [-0.15, -0.1) is 0 Å². The van der Waals surface area contributed by atoms with E-state index in [1.807, 2.05) is 25.1 Å². The molecule has 1 aromatic heterocycles. The number of fused-ring (bicyclic) bond motifs is 1. The van der Waals surface area contributed by atoms with Gasteiger partial charge in [-0.25, -0.2) is 17.7 Å². The summed E-state index contributed by atoms with van der Waals surface area (Å²) in [5.41, 5.74) is 2.43. The summed E-state index contributed by atoms with van der Waals surface area (Å²) in [4.78, 5) is 17.3. The molecule has 3 aromatic rings. The van der Waals surface area contributed by atoms with Crippen LogP contribution in [0.2, 0.25) is 0 Å². The highest BCUT2D eigenvalue weighted by atomic mass is 32.2. The topological polar surface area (TPSA) is 79.4 Å². The van der Waals surface area contributed by atoms with E-state index in [-0.39, 0.29) is 10.8 Å². The molecule has 154 valence electrons. The highest BCUT2D eigenvalue weighted by Gasteiger charge is 2.20. The minimum absolute atomic E-state index is 0.181. The van der Waals surface area contributed by atoms with E-state index in [2.05, 4.69) is 17.2 Å². The Labute approximate surface area is 175 Å². The van der Waals surface area contributed by atoms with Gasteiger partial charge in [0.25, 0.3) is 5.91 Å². The second-order valence-electron chi connectivity index (χ2n) is 6.80. The average molecular weight is 432 g/mol. The molecular weight excluding hydrogens is 406 g/mol. The molecule has 0 unspecified atom stereocenters. The van der Waals surface area contributed by atoms with Gasteiger partial charge in [0, 0.05) is 19.2 Å². The Kier molecular flexibility index (Phi) is 6.66. The van der Waals surface area contributed by atoms with Crippen molar-refractivity contribution in [2.75, 3.05) is 18.9 Å². The van der Waals surface area contributed by atoms with Gasteiger partial charge in [-0.1, -0.05) is 43.7 Å². The van der Waals surface area contributed by atoms with Crippen LogP contribution in [-0.2, 0) is 16.4 Å². The third kappa shape index (κ3) is 4.66. The van der Waals surface area contributed by atoms with Crippen LogP contribution < -0.4 is 5.32 Å². The Morgan fingerprint density at radius 1 is 1.14 bits per heavy atom. The Morgan fingerprint density at radius 2 is 1.86 bits per heavy atom. The second kappa shape index (κ2) is 9.02. The van der Waals surface area contributed by atoms with E-state index in [1.54, 1.807) is 7.05 Å². The first-order chi connectivity index (χ1) is 13.9. The van der Waals surface area contributed by atoms with Gasteiger partial charge in [-0.3, -0.25) is 10.1 Å². The number of aromatic nitrogens is 1. The fourth-order valence-corrected chi connectivity index (χ4v) is 5.09. The summed E-state index contributed by atoms with van der Waals surface area (Å²) in [6, 6.07) is 12.0. The summed E-state index contributed by atoms with van der Waals surface area (Å²) < 4.78 is 27.5. The van der Waals surface area contributed by atoms with Crippen molar-refractivity contribution in [3.63, 3.8) is 0 Å². The summed E-state index contributed by atoms with van der Waals surface area (Å²) in [5, 5.41) is 3.35. The fourth-order valence-electron chi connectivity index (χ4n) is 2.97. The van der Waals surface area contributed by atoms with E-state index in [0.29, 0.717) is 17.2 Å². The Morgan fingerprint density at radius 3 is 2.52 bits per heavy atom. The molecule has 0 aliphatic heterocycles. The van der Waals surface area contributed by atoms with Crippen LogP contribution in [0.15, 0.2) is 47.4 Å². The number of sulfonamides is 1. The molecular formula is C21H25N3O3S2. The van der Waals surface area contributed by atoms with Gasteiger partial charge < -0.3 is 0 Å². The second-order valence-corrected chi connectivity index (χ2v) is 9.87. The smallest absolute Gasteiger partial charge is 0.257 e. The Hall–Kier alpha value is -2.29. The van der Waals surface area contributed by atoms with Crippen molar-refractivity contribution in [3.05, 3.63) is 53.6 Å². The lowest BCUT2D eigenvalue weighted by atomic mass is 10.1. The molecule has 0 aliphatic carbocycles. The van der Waals surface area contributed by atoms with Gasteiger partial charge in [0.1, 0.15) is 0 Å². The van der Waals surface area contributed by atoms with Crippen molar-refractivity contribution in [2.45, 2.75) is 38.0 Å². The molecule has 0 bridgehead atoms. The molecule has 3 rings (SSSR count). The number of carbonyl (C=O) groups excluding carboxylic acids is 1. The molecule has 2 aromatic carbocycles. The zero-order valence-corrected chi connectivity index (χ0v) is 18.4. The number of nitrogens with zero attached hydrogens (tertiary/aromatic N) is 2. The normalized spacial score (nSPS) is 11.9. The molecule has 1 heterocycles. The number of thiazole rings is 1. The summed E-state index contributed by atoms with van der Waals surface area (Å²) in [6.45, 7) is 4.56. The van der Waals surface area contributed by atoms with Gasteiger partial charge in [0.2, 0.25) is 10.0 Å². The molecule has 0 radical (unpaired) electrons. The standard InChI is InChI=1S/C21H25N3O3S2/c1-4-6-14-24(3)29(26,27)17-12-10-16(11-13-17)20(25)23-21-22-19-15(5-2)8-7-9-18(19)28-21/h7-13H,4-6,14H2,1-3H3,(H,22,23,25). The largest absolute Gasteiger partial charge is 0.298 e. The molecule has 0 saturated carbocycles. The first-order valence-corrected chi connectivity index (χ1v) is 11.9. The molecule has 0 aliphatic rings. The predicted octanol–water partition coefficient (Wildman–Crippen LogP) is 4.53. The van der Waals surface area contributed by atoms with Crippen molar-refractivity contribution in [3.8, 4) is 0 Å². The molecule has 1 amide bonds. The minimum Gasteiger partial charge on any atom is -0.298 e. The SMILES string of the molecule is CCCCN(C)S(=O)(=O)c1ccc(C(=O)Nc2nc3c(CC)cccc3s2)cc1. The van der Waals surface area contributed by atoms with Gasteiger partial charge in [0.05, 0.1) is 15.1 Å². The number of nitrogens with one attached hydrogen (secondary N) is 1. The lowest BCUT2D eigenvalue weighted by molar-refractivity contribution is 0.102. The number of para-hydroxylation sites is 1. The highest BCUT2D eigenvalue weighted by molar-refractivity contribution is 7.89. The van der Waals surface area contributed by atoms with Gasteiger partial charge in [0.15, 0.2) is 5.13 Å². The average Bonchev–Trinajstić information content (AvgIpc) is 3.14. The number of hydrogen-bond acceptors (Lipinski definition) is 5. The molecule has 0 atom stereocenters. The van der Waals surface area contributed by atoms with Gasteiger partial charge in [-0.05, 0) is 48.7 Å². The van der Waals surface area contributed by atoms with Crippen molar-refractivity contribution in [2.24, 2.45) is 0 Å². The van der Waals surface area contributed by atoms with E-state index in [9.17, 15) is 13.2 Å². The van der Waals surface area contributed by atoms with E-state index < -0.39 is 10.0 Å². The Bertz CT molecular complexity index is 1110. The summed E-state index contributed by atoms with van der Waals surface area (Å²) >= 11 is 1.42. The summed E-state index contributed by atoms with van der Waals surface area (Å²) in [7, 11) is -1.97. The quantitative estimate of drug-likeness (QED) is 0.568. The van der Waals surface area contributed by atoms with Gasteiger partial charge in [-0.2, -0.15) is 0 Å². The van der Waals surface area contributed by atoms with Crippen LogP contribution in [0, 0.1) is 0 Å². The van der Waals surface area contributed by atoms with Gasteiger partial charge >= 0.3 is 0 Å². The maximum Gasteiger partial charge on any atom is 0.257 e. The number of amides is 1. The summed E-state index contributed by atoms with van der Waals surface area (Å²) in [5.74, 6) is -0.314. The van der Waals surface area contributed by atoms with Crippen LogP contribution in [-0.4, -0.2) is 37.2 Å². The van der Waals surface area contributed by atoms with Crippen LogP contribution in [0.4, 0.5) is 5.13 Å². The van der Waals surface area contributed by atoms with E-state index in [0.717, 1.165) is 35.0 Å². The first-order valence-electron chi connectivity index (χ1n) is 9.63. The summed E-state index contributed by atoms with van der Waals surface area (Å²) in [6.07, 6.45) is 2.60. The molecule has 0 saturated heterocycles. The van der Waals surface area contributed by atoms with Crippen molar-refractivity contribution in [1.29, 1.82) is 0 Å². The number of aryl methyl sites for hydroxylation is 1. The van der Waals surface area contributed by atoms with Crippen molar-refractivity contribution >= 4 is 42.6 Å². The zero-order valence-electron chi connectivity index (χ0n) is 16.8. The number of hydrogen-bond donors (Lipinski definition) is 1. The first kappa shape index (κ1) is 21.4. The number of carbonyl (C=O) groups is 1. The molecule has 29 heavy (non-hydrogen) atoms. The molecule has 8 heteroatoms. The Balaban J connectivity index is 1.75. The molecule has 6 nitrogen and oxygen atoms in total. The highest BCUT2D eigenvalue weighted by Crippen LogP contribution is 2.29. The van der Waals surface area contributed by atoms with Crippen molar-refractivity contribution < 1.29 is 13.2 Å². The number of unbranched alkanes of at least 4 members (excludes halogenated alkanes) is 1. The van der Waals surface area contributed by atoms with E-state index in [4.69, 9.17) is 0 Å². The molecule has 0 fully saturated rings. The molecule has 1 N–H and O–H groups in total. The third-order valence-corrected chi connectivity index (χ3v) is 7.56. The molecule has 0 spiro atoms. The number of benzene rings is 2. The number of rotatable bonds is 8. The van der Waals surface area contributed by atoms with Crippen LogP contribution >= 0.6 is 11.3 Å². The monoisotopic (exact) mass is 431 g/mol. The number of anilines is 1. The minimum atomic E-state index is -3.55. The lowest BCUT2D eigenvalue weighted by Gasteiger charge is -2.16. The van der Waals surface area contributed by atoms with Crippen LogP contribution in [0.25, 0.3) is 10.2 Å². The lowest BCUT2D eigenvalue weighted by Crippen LogP contribution is -2.28. The van der Waals surface area contributed by atoms with Crippen LogP contribution in [0.3, 0.4) is 0 Å². The van der Waals surface area contributed by atoms with Crippen LogP contribution in [0.1, 0.15) is 42.6 Å². The maximum absolute atomic E-state index is 12.6. The maximum atomic E-state index is 12.6. The van der Waals surface area contributed by atoms with E-state index in [1.165, 1.54) is 39.9 Å². The predicted molar refractivity (Wildman–Crippen MR) is 118 cm³/mol. The zero-order chi connectivity index (χ0) is 21.0. The fraction of sp³-hybridized carbons (Fsp3) is 0.333. The van der Waals surface area contributed by atoms with Crippen LogP contribution in [0.5, 0.6) is 0 Å². The third-order valence-electron chi connectivity index (χ3n) is 4.76. The van der Waals surface area contributed by atoms with Crippen molar-refractivity contribution in [1.82, 2.24) is 9.29 Å².